The van der Waals surface area contributed by atoms with Gasteiger partial charge in [0.15, 0.2) is 0 Å². The van der Waals surface area contributed by atoms with Gasteiger partial charge in [-0.3, -0.25) is 15.5 Å². The van der Waals surface area contributed by atoms with Crippen LogP contribution in [0.5, 0.6) is 0 Å². The van der Waals surface area contributed by atoms with Gasteiger partial charge in [0.1, 0.15) is 11.5 Å². The van der Waals surface area contributed by atoms with Gasteiger partial charge in [-0.15, -0.1) is 0 Å². The third kappa shape index (κ3) is 4.05. The predicted octanol–water partition coefficient (Wildman–Crippen LogP) is 4.93. The first-order valence-electron chi connectivity index (χ1n) is 9.25. The number of amidine groups is 1. The van der Waals surface area contributed by atoms with E-state index < -0.39 is 0 Å². The number of nitrogens with zero attached hydrogens (tertiary/aromatic N) is 2. The summed E-state index contributed by atoms with van der Waals surface area (Å²) >= 11 is 6.06. The van der Waals surface area contributed by atoms with Crippen molar-refractivity contribution in [1.82, 2.24) is 20.5 Å². The molecule has 4 aromatic rings. The molecule has 5 nitrogen and oxygen atoms in total. The molecule has 0 fully saturated rings. The standard InChI is InChI=1S/C23H20ClN5/c1-26-23(25)18-4-2-15(3-5-18)14-20-21(16-10-12-27-13-11-16)22(29-28-20)17-6-8-19(24)9-7-17/h2-13H,14H2,1H3,(H2,25,26)(H,28,29). The van der Waals surface area contributed by atoms with Crippen molar-refractivity contribution < 1.29 is 0 Å². The Morgan fingerprint density at radius 2 is 1.66 bits per heavy atom. The molecule has 0 spiro atoms. The molecule has 2 heterocycles. The Balaban J connectivity index is 1.74. The van der Waals surface area contributed by atoms with Gasteiger partial charge in [0, 0.05) is 53.3 Å². The SMILES string of the molecule is CNC(=N)c1ccc(Cc2[nH]nc(-c3ccc(Cl)cc3)c2-c2ccncc2)cc1. The largest absolute Gasteiger partial charge is 0.373 e. The minimum Gasteiger partial charge on any atom is -0.373 e. The van der Waals surface area contributed by atoms with E-state index in [0.29, 0.717) is 17.3 Å². The van der Waals surface area contributed by atoms with Crippen molar-refractivity contribution in [3.8, 4) is 22.4 Å². The number of aromatic nitrogens is 3. The molecule has 0 atom stereocenters. The van der Waals surface area contributed by atoms with E-state index >= 15 is 0 Å². The molecule has 4 rings (SSSR count). The summed E-state index contributed by atoms with van der Waals surface area (Å²) in [5, 5.41) is 19.3. The summed E-state index contributed by atoms with van der Waals surface area (Å²) in [6.07, 6.45) is 4.28. The molecule has 0 aliphatic heterocycles. The van der Waals surface area contributed by atoms with Gasteiger partial charge in [0.05, 0.1) is 0 Å². The van der Waals surface area contributed by atoms with Crippen molar-refractivity contribution in [3.63, 3.8) is 0 Å². The fraction of sp³-hybridized carbons (Fsp3) is 0.0870. The summed E-state index contributed by atoms with van der Waals surface area (Å²) in [4.78, 5) is 4.14. The number of H-pyrrole nitrogens is 1. The van der Waals surface area contributed by atoms with Crippen LogP contribution in [0, 0.1) is 5.41 Å². The lowest BCUT2D eigenvalue weighted by Gasteiger charge is -2.08. The minimum absolute atomic E-state index is 0.403. The number of halogens is 1. The van der Waals surface area contributed by atoms with Crippen LogP contribution in [0.15, 0.2) is 73.1 Å². The smallest absolute Gasteiger partial charge is 0.125 e. The first kappa shape index (κ1) is 18.9. The van der Waals surface area contributed by atoms with Crippen molar-refractivity contribution in [1.29, 1.82) is 5.41 Å². The van der Waals surface area contributed by atoms with E-state index in [-0.39, 0.29) is 0 Å². The molecule has 0 aliphatic carbocycles. The second-order valence-electron chi connectivity index (χ2n) is 6.67. The number of rotatable bonds is 5. The van der Waals surface area contributed by atoms with Crippen LogP contribution < -0.4 is 5.32 Å². The maximum Gasteiger partial charge on any atom is 0.125 e. The van der Waals surface area contributed by atoms with Crippen LogP contribution in [0.4, 0.5) is 0 Å². The van der Waals surface area contributed by atoms with E-state index in [1.165, 1.54) is 0 Å². The lowest BCUT2D eigenvalue weighted by atomic mass is 9.96. The average Bonchev–Trinajstić information content (AvgIpc) is 3.18. The van der Waals surface area contributed by atoms with Crippen LogP contribution >= 0.6 is 11.6 Å². The third-order valence-corrected chi connectivity index (χ3v) is 5.05. The second-order valence-corrected chi connectivity index (χ2v) is 7.10. The number of benzene rings is 2. The maximum atomic E-state index is 7.89. The Kier molecular flexibility index (Phi) is 5.40. The molecule has 0 aliphatic rings. The Hall–Kier alpha value is -3.44. The molecular formula is C23H20ClN5. The van der Waals surface area contributed by atoms with Crippen LogP contribution in [-0.4, -0.2) is 28.1 Å². The zero-order valence-electron chi connectivity index (χ0n) is 15.9. The predicted molar refractivity (Wildman–Crippen MR) is 117 cm³/mol. The summed E-state index contributed by atoms with van der Waals surface area (Å²) in [6, 6.07) is 19.7. The van der Waals surface area contributed by atoms with Crippen molar-refractivity contribution in [2.24, 2.45) is 0 Å². The minimum atomic E-state index is 0.403. The highest BCUT2D eigenvalue weighted by atomic mass is 35.5. The Morgan fingerprint density at radius 1 is 0.966 bits per heavy atom. The van der Waals surface area contributed by atoms with Gasteiger partial charge in [-0.05, 0) is 35.4 Å². The number of hydrogen-bond acceptors (Lipinski definition) is 3. The molecule has 2 aromatic carbocycles. The van der Waals surface area contributed by atoms with Gasteiger partial charge in [-0.2, -0.15) is 5.10 Å². The normalized spacial score (nSPS) is 10.7. The first-order chi connectivity index (χ1) is 14.2. The third-order valence-electron chi connectivity index (χ3n) is 4.80. The monoisotopic (exact) mass is 401 g/mol. The Morgan fingerprint density at radius 3 is 2.31 bits per heavy atom. The molecule has 0 saturated heterocycles. The van der Waals surface area contributed by atoms with E-state index in [0.717, 1.165) is 39.2 Å². The summed E-state index contributed by atoms with van der Waals surface area (Å²) in [5.74, 6) is 0.403. The Bertz CT molecular complexity index is 1120. The Labute approximate surface area is 174 Å². The van der Waals surface area contributed by atoms with Crippen molar-refractivity contribution in [2.75, 3.05) is 7.05 Å². The lowest BCUT2D eigenvalue weighted by molar-refractivity contribution is 0.999. The van der Waals surface area contributed by atoms with Gasteiger partial charge in [-0.25, -0.2) is 0 Å². The topological polar surface area (TPSA) is 77.5 Å². The van der Waals surface area contributed by atoms with Gasteiger partial charge < -0.3 is 5.32 Å². The van der Waals surface area contributed by atoms with Crippen LogP contribution in [0.25, 0.3) is 22.4 Å². The van der Waals surface area contributed by atoms with Crippen LogP contribution in [0.2, 0.25) is 5.02 Å². The molecule has 144 valence electrons. The summed E-state index contributed by atoms with van der Waals surface area (Å²) in [5.41, 5.74) is 7.02. The molecule has 0 bridgehead atoms. The van der Waals surface area contributed by atoms with Crippen LogP contribution in [-0.2, 0) is 6.42 Å². The van der Waals surface area contributed by atoms with E-state index in [2.05, 4.69) is 20.5 Å². The molecule has 3 N–H and O–H groups in total. The summed E-state index contributed by atoms with van der Waals surface area (Å²) < 4.78 is 0. The maximum absolute atomic E-state index is 7.89. The lowest BCUT2D eigenvalue weighted by Crippen LogP contribution is -2.17. The van der Waals surface area contributed by atoms with Crippen molar-refractivity contribution in [2.45, 2.75) is 6.42 Å². The second kappa shape index (κ2) is 8.29. The molecular weight excluding hydrogens is 382 g/mol. The van der Waals surface area contributed by atoms with E-state index in [1.54, 1.807) is 19.4 Å². The van der Waals surface area contributed by atoms with Crippen molar-refractivity contribution in [3.05, 3.63) is 94.9 Å². The number of nitrogens with one attached hydrogen (secondary N) is 3. The van der Waals surface area contributed by atoms with Gasteiger partial charge in [0.25, 0.3) is 0 Å². The van der Waals surface area contributed by atoms with Crippen molar-refractivity contribution >= 4 is 17.4 Å². The fourth-order valence-electron chi connectivity index (χ4n) is 3.29. The average molecular weight is 402 g/mol. The first-order valence-corrected chi connectivity index (χ1v) is 9.62. The molecule has 0 saturated carbocycles. The summed E-state index contributed by atoms with van der Waals surface area (Å²) in [6.45, 7) is 0. The zero-order valence-corrected chi connectivity index (χ0v) is 16.7. The van der Waals surface area contributed by atoms with Gasteiger partial charge in [-0.1, -0.05) is 48.0 Å². The van der Waals surface area contributed by atoms with E-state index in [4.69, 9.17) is 17.0 Å². The molecule has 2 aromatic heterocycles. The van der Waals surface area contributed by atoms with Crippen LogP contribution in [0.3, 0.4) is 0 Å². The molecule has 0 amide bonds. The number of hydrogen-bond donors (Lipinski definition) is 3. The van der Waals surface area contributed by atoms with Gasteiger partial charge >= 0.3 is 0 Å². The van der Waals surface area contributed by atoms with E-state index in [1.807, 2.05) is 60.7 Å². The highest BCUT2D eigenvalue weighted by Gasteiger charge is 2.17. The quantitative estimate of drug-likeness (QED) is 0.328. The van der Waals surface area contributed by atoms with Crippen LogP contribution in [0.1, 0.15) is 16.8 Å². The number of aromatic amines is 1. The number of pyridine rings is 1. The van der Waals surface area contributed by atoms with E-state index in [9.17, 15) is 0 Å². The molecule has 6 heteroatoms. The molecule has 0 unspecified atom stereocenters. The fourth-order valence-corrected chi connectivity index (χ4v) is 3.42. The highest BCUT2D eigenvalue weighted by Crippen LogP contribution is 2.34. The molecule has 29 heavy (non-hydrogen) atoms. The zero-order chi connectivity index (χ0) is 20.2. The highest BCUT2D eigenvalue weighted by molar-refractivity contribution is 6.30. The van der Waals surface area contributed by atoms with Gasteiger partial charge in [0.2, 0.25) is 0 Å². The summed E-state index contributed by atoms with van der Waals surface area (Å²) in [7, 11) is 1.75. The molecule has 0 radical (unpaired) electrons.